The second-order valence-corrected chi connectivity index (χ2v) is 6.61. The van der Waals surface area contributed by atoms with Crippen molar-refractivity contribution < 1.29 is 14.3 Å². The molecule has 2 aromatic carbocycles. The number of esters is 1. The van der Waals surface area contributed by atoms with E-state index in [4.69, 9.17) is 4.74 Å². The van der Waals surface area contributed by atoms with E-state index in [1.165, 1.54) is 7.11 Å². The number of aryl methyl sites for hydroxylation is 1. The first-order chi connectivity index (χ1) is 12.4. The fourth-order valence-electron chi connectivity index (χ4n) is 2.66. The van der Waals surface area contributed by atoms with Gasteiger partial charge in [-0.2, -0.15) is 0 Å². The van der Waals surface area contributed by atoms with E-state index in [-0.39, 0.29) is 17.8 Å². The number of hydrogen-bond acceptors (Lipinski definition) is 4. The topological polar surface area (TPSA) is 67.4 Å². The maximum atomic E-state index is 12.9. The Hall–Kier alpha value is -2.66. The van der Waals surface area contributed by atoms with Gasteiger partial charge in [-0.3, -0.25) is 14.9 Å². The minimum atomic E-state index is -0.677. The number of rotatable bonds is 7. The predicted octanol–water partition coefficient (Wildman–Crippen LogP) is 3.46. The van der Waals surface area contributed by atoms with Crippen molar-refractivity contribution in [2.45, 2.75) is 32.9 Å². The highest BCUT2D eigenvalue weighted by Gasteiger charge is 2.30. The Bertz CT molecular complexity index is 727. The summed E-state index contributed by atoms with van der Waals surface area (Å²) < 4.78 is 4.89. The van der Waals surface area contributed by atoms with Crippen LogP contribution in [0, 0.1) is 12.8 Å². The second kappa shape index (κ2) is 9.15. The summed E-state index contributed by atoms with van der Waals surface area (Å²) in [6.07, 6.45) is 0. The molecule has 2 N–H and O–H groups in total. The molecule has 2 atom stereocenters. The predicted molar refractivity (Wildman–Crippen MR) is 103 cm³/mol. The van der Waals surface area contributed by atoms with Crippen LogP contribution >= 0.6 is 0 Å². The second-order valence-electron chi connectivity index (χ2n) is 6.61. The van der Waals surface area contributed by atoms with Crippen LogP contribution in [0.2, 0.25) is 0 Å². The maximum absolute atomic E-state index is 12.9. The summed E-state index contributed by atoms with van der Waals surface area (Å²) in [4.78, 5) is 25.1. The number of nitrogens with one attached hydrogen (secondary N) is 2. The van der Waals surface area contributed by atoms with Gasteiger partial charge in [-0.05, 0) is 30.5 Å². The van der Waals surface area contributed by atoms with Crippen LogP contribution in [0.25, 0.3) is 0 Å². The minimum absolute atomic E-state index is 0.0270. The number of methoxy groups -OCH3 is 1. The first-order valence-electron chi connectivity index (χ1n) is 8.68. The quantitative estimate of drug-likeness (QED) is 0.747. The Balaban J connectivity index is 2.27. The van der Waals surface area contributed by atoms with Crippen molar-refractivity contribution in [3.8, 4) is 0 Å². The molecule has 0 aromatic heterocycles. The number of benzene rings is 2. The molecule has 0 radical (unpaired) electrons. The molecule has 0 saturated carbocycles. The van der Waals surface area contributed by atoms with Crippen LogP contribution in [0.5, 0.6) is 0 Å². The van der Waals surface area contributed by atoms with E-state index in [2.05, 4.69) is 10.6 Å². The Morgan fingerprint density at radius 2 is 1.58 bits per heavy atom. The van der Waals surface area contributed by atoms with Crippen LogP contribution in [0.1, 0.15) is 31.0 Å². The number of amides is 1. The third-order valence-corrected chi connectivity index (χ3v) is 4.18. The highest BCUT2D eigenvalue weighted by Crippen LogP contribution is 2.19. The molecule has 26 heavy (non-hydrogen) atoms. The summed E-state index contributed by atoms with van der Waals surface area (Å²) in [5, 5.41) is 6.08. The number of hydrogen-bond donors (Lipinski definition) is 2. The molecule has 0 heterocycles. The van der Waals surface area contributed by atoms with E-state index in [0.717, 1.165) is 11.1 Å². The first kappa shape index (κ1) is 19.7. The van der Waals surface area contributed by atoms with Crippen LogP contribution in [0.15, 0.2) is 54.6 Å². The van der Waals surface area contributed by atoms with E-state index < -0.39 is 12.1 Å². The van der Waals surface area contributed by atoms with Gasteiger partial charge in [-0.15, -0.1) is 0 Å². The van der Waals surface area contributed by atoms with Gasteiger partial charge >= 0.3 is 5.97 Å². The first-order valence-corrected chi connectivity index (χ1v) is 8.68. The monoisotopic (exact) mass is 354 g/mol. The van der Waals surface area contributed by atoms with Gasteiger partial charge in [-0.1, -0.05) is 61.9 Å². The smallest absolute Gasteiger partial charge is 0.323 e. The van der Waals surface area contributed by atoms with Crippen LogP contribution in [0.4, 0.5) is 5.69 Å². The summed E-state index contributed by atoms with van der Waals surface area (Å²) in [7, 11) is 1.35. The molecule has 0 spiro atoms. The fourth-order valence-corrected chi connectivity index (χ4v) is 2.66. The SMILES string of the molecule is COC(=O)[C@@H](N[C@H](C(=O)Nc1ccc(C)cc1)c1ccccc1)C(C)C. The molecule has 0 aliphatic carbocycles. The number of carbonyl (C=O) groups excluding carboxylic acids is 2. The summed E-state index contributed by atoms with van der Waals surface area (Å²) in [5.74, 6) is -0.639. The standard InChI is InChI=1S/C21H26N2O3/c1-14(2)18(21(25)26-4)23-19(16-8-6-5-7-9-16)20(24)22-17-12-10-15(3)11-13-17/h5-14,18-19,23H,1-4H3,(H,22,24)/t18-,19-/m0/s1. The Labute approximate surface area is 154 Å². The van der Waals surface area contributed by atoms with Gasteiger partial charge in [0.05, 0.1) is 7.11 Å². The van der Waals surface area contributed by atoms with Gasteiger partial charge in [0.25, 0.3) is 0 Å². The van der Waals surface area contributed by atoms with Crippen LogP contribution in [0.3, 0.4) is 0 Å². The highest BCUT2D eigenvalue weighted by atomic mass is 16.5. The van der Waals surface area contributed by atoms with Crippen molar-refractivity contribution in [1.29, 1.82) is 0 Å². The van der Waals surface area contributed by atoms with Gasteiger partial charge in [0.1, 0.15) is 12.1 Å². The average Bonchev–Trinajstić information content (AvgIpc) is 2.64. The van der Waals surface area contributed by atoms with Crippen molar-refractivity contribution in [3.63, 3.8) is 0 Å². The zero-order chi connectivity index (χ0) is 19.1. The van der Waals surface area contributed by atoms with Gasteiger partial charge in [0, 0.05) is 5.69 Å². The number of ether oxygens (including phenoxy) is 1. The van der Waals surface area contributed by atoms with E-state index in [9.17, 15) is 9.59 Å². The molecule has 138 valence electrons. The van der Waals surface area contributed by atoms with Crippen molar-refractivity contribution in [3.05, 3.63) is 65.7 Å². The lowest BCUT2D eigenvalue weighted by atomic mass is 9.99. The molecule has 2 rings (SSSR count). The summed E-state index contributed by atoms with van der Waals surface area (Å²) in [5.41, 5.74) is 2.61. The Morgan fingerprint density at radius 1 is 0.962 bits per heavy atom. The van der Waals surface area contributed by atoms with E-state index in [1.807, 2.05) is 75.4 Å². The zero-order valence-electron chi connectivity index (χ0n) is 15.7. The van der Waals surface area contributed by atoms with Gasteiger partial charge in [0.15, 0.2) is 0 Å². The molecule has 0 fully saturated rings. The molecule has 0 aliphatic rings. The molecule has 5 heteroatoms. The third kappa shape index (κ3) is 5.17. The van der Waals surface area contributed by atoms with Crippen molar-refractivity contribution in [2.24, 2.45) is 5.92 Å². The molecule has 0 bridgehead atoms. The fraction of sp³-hybridized carbons (Fsp3) is 0.333. The molecule has 1 amide bonds. The Kier molecular flexibility index (Phi) is 6.92. The van der Waals surface area contributed by atoms with E-state index in [1.54, 1.807) is 0 Å². The highest BCUT2D eigenvalue weighted by molar-refractivity contribution is 5.96. The van der Waals surface area contributed by atoms with Gasteiger partial charge in [0.2, 0.25) is 5.91 Å². The third-order valence-electron chi connectivity index (χ3n) is 4.18. The van der Waals surface area contributed by atoms with Gasteiger partial charge in [-0.25, -0.2) is 0 Å². The molecule has 2 aromatic rings. The normalized spacial score (nSPS) is 13.1. The maximum Gasteiger partial charge on any atom is 0.323 e. The summed E-state index contributed by atoms with van der Waals surface area (Å²) in [6.45, 7) is 5.81. The zero-order valence-corrected chi connectivity index (χ0v) is 15.7. The minimum Gasteiger partial charge on any atom is -0.468 e. The lowest BCUT2D eigenvalue weighted by molar-refractivity contribution is -0.144. The lowest BCUT2D eigenvalue weighted by Gasteiger charge is -2.26. The van der Waals surface area contributed by atoms with Gasteiger partial charge < -0.3 is 10.1 Å². The largest absolute Gasteiger partial charge is 0.468 e. The molecule has 5 nitrogen and oxygen atoms in total. The molecular weight excluding hydrogens is 328 g/mol. The van der Waals surface area contributed by atoms with Crippen LogP contribution < -0.4 is 10.6 Å². The van der Waals surface area contributed by atoms with Crippen LogP contribution in [-0.2, 0) is 14.3 Å². The average molecular weight is 354 g/mol. The summed E-state index contributed by atoms with van der Waals surface area (Å²) in [6, 6.07) is 15.7. The van der Waals surface area contributed by atoms with Crippen molar-refractivity contribution in [2.75, 3.05) is 12.4 Å². The molecule has 0 saturated heterocycles. The van der Waals surface area contributed by atoms with E-state index >= 15 is 0 Å². The molecule has 0 unspecified atom stereocenters. The molecular formula is C21H26N2O3. The van der Waals surface area contributed by atoms with Crippen LogP contribution in [-0.4, -0.2) is 25.0 Å². The number of carbonyl (C=O) groups is 2. The van der Waals surface area contributed by atoms with E-state index in [0.29, 0.717) is 5.69 Å². The van der Waals surface area contributed by atoms with Crippen molar-refractivity contribution in [1.82, 2.24) is 5.32 Å². The lowest BCUT2D eigenvalue weighted by Crippen LogP contribution is -2.47. The molecule has 0 aliphatic heterocycles. The Morgan fingerprint density at radius 3 is 2.12 bits per heavy atom. The number of anilines is 1. The summed E-state index contributed by atoms with van der Waals surface area (Å²) >= 11 is 0. The van der Waals surface area contributed by atoms with Crippen molar-refractivity contribution >= 4 is 17.6 Å².